The van der Waals surface area contributed by atoms with Gasteiger partial charge in [0.1, 0.15) is 11.1 Å². The van der Waals surface area contributed by atoms with Crippen molar-refractivity contribution in [2.75, 3.05) is 13.2 Å². The van der Waals surface area contributed by atoms with Gasteiger partial charge in [-0.3, -0.25) is 4.79 Å². The minimum absolute atomic E-state index is 0.0697. The second-order valence-corrected chi connectivity index (χ2v) is 10.6. The van der Waals surface area contributed by atoms with Gasteiger partial charge in [-0.05, 0) is 41.7 Å². The van der Waals surface area contributed by atoms with Gasteiger partial charge in [-0.2, -0.15) is 0 Å². The van der Waals surface area contributed by atoms with E-state index < -0.39 is 5.60 Å². The number of benzene rings is 4. The van der Waals surface area contributed by atoms with E-state index in [1.165, 1.54) is 6.92 Å². The van der Waals surface area contributed by atoms with Crippen LogP contribution >= 0.6 is 0 Å². The molecule has 1 heterocycles. The number of aryl methyl sites for hydroxylation is 1. The highest BCUT2D eigenvalue weighted by molar-refractivity contribution is 5.77. The number of esters is 1. The maximum absolute atomic E-state index is 11.7. The summed E-state index contributed by atoms with van der Waals surface area (Å²) in [7, 11) is 0. The summed E-state index contributed by atoms with van der Waals surface area (Å²) in [5.41, 5.74) is 5.38. The molecule has 1 fully saturated rings. The molecule has 3 atom stereocenters. The van der Waals surface area contributed by atoms with Crippen molar-refractivity contribution in [2.24, 2.45) is 11.8 Å². The van der Waals surface area contributed by atoms with Crippen LogP contribution in [0, 0.1) is 18.8 Å². The molecule has 40 heavy (non-hydrogen) atoms. The smallest absolute Gasteiger partial charge is 0.302 e. The third-order valence-electron chi connectivity index (χ3n) is 8.20. The fourth-order valence-corrected chi connectivity index (χ4v) is 6.06. The van der Waals surface area contributed by atoms with Crippen molar-refractivity contribution in [1.29, 1.82) is 0 Å². The second kappa shape index (κ2) is 11.1. The molecule has 0 aliphatic heterocycles. The first-order valence-corrected chi connectivity index (χ1v) is 13.8. The number of aromatic nitrogens is 3. The van der Waals surface area contributed by atoms with Crippen LogP contribution in [-0.2, 0) is 19.9 Å². The van der Waals surface area contributed by atoms with E-state index in [0.29, 0.717) is 13.2 Å². The van der Waals surface area contributed by atoms with Crippen LogP contribution in [0.15, 0.2) is 109 Å². The summed E-state index contributed by atoms with van der Waals surface area (Å²) in [5, 5.41) is 9.07. The van der Waals surface area contributed by atoms with E-state index in [4.69, 9.17) is 9.47 Å². The molecular formula is C34H33N3O3. The monoisotopic (exact) mass is 531 g/mol. The number of rotatable bonds is 9. The molecular weight excluding hydrogens is 498 g/mol. The highest BCUT2D eigenvalue weighted by Gasteiger charge is 2.47. The first-order valence-electron chi connectivity index (χ1n) is 13.8. The molecule has 0 bridgehead atoms. The lowest BCUT2D eigenvalue weighted by Gasteiger charge is -2.46. The van der Waals surface area contributed by atoms with E-state index in [0.717, 1.165) is 39.7 Å². The first-order chi connectivity index (χ1) is 19.6. The summed E-state index contributed by atoms with van der Waals surface area (Å²) >= 11 is 0. The molecule has 6 heteroatoms. The van der Waals surface area contributed by atoms with E-state index in [9.17, 15) is 4.79 Å². The van der Waals surface area contributed by atoms with Crippen LogP contribution in [0.1, 0.15) is 41.6 Å². The number of carbonyl (C=O) groups excluding carboxylic acids is 1. The average Bonchev–Trinajstić information content (AvgIpc) is 3.41. The van der Waals surface area contributed by atoms with Gasteiger partial charge < -0.3 is 9.47 Å². The van der Waals surface area contributed by atoms with Crippen molar-refractivity contribution in [3.8, 4) is 0 Å². The molecule has 4 aromatic carbocycles. The number of hydrogen-bond acceptors (Lipinski definition) is 5. The maximum Gasteiger partial charge on any atom is 0.302 e. The first kappa shape index (κ1) is 26.0. The maximum atomic E-state index is 11.7. The molecule has 0 N–H and O–H groups in total. The van der Waals surface area contributed by atoms with Gasteiger partial charge in [-0.25, -0.2) is 4.68 Å². The SMILES string of the molecule is CC(=O)OC[C@H]1C[C@@H](n2nnc3c(C)cccc32)[C@@H]1COC(c1ccccc1)(c1ccccc1)c1ccccc1. The highest BCUT2D eigenvalue weighted by atomic mass is 16.5. The summed E-state index contributed by atoms with van der Waals surface area (Å²) in [6.45, 7) is 4.32. The molecule has 0 spiro atoms. The Balaban J connectivity index is 1.41. The summed E-state index contributed by atoms with van der Waals surface area (Å²) in [6, 6.07) is 37.4. The van der Waals surface area contributed by atoms with E-state index in [2.05, 4.69) is 102 Å². The zero-order valence-corrected chi connectivity index (χ0v) is 22.8. The molecule has 1 saturated carbocycles. The standard InChI is InChI=1S/C34H33N3O3/c1-24-13-12-20-31-33(24)35-36-37(31)32-21-26(22-39-25(2)38)30(32)23-40-34(27-14-6-3-7-15-27,28-16-8-4-9-17-28)29-18-10-5-11-19-29/h3-20,26,30,32H,21-23H2,1-2H3/t26-,30-,32-/m1/s1. The van der Waals surface area contributed by atoms with Crippen LogP contribution in [0.4, 0.5) is 0 Å². The fraction of sp³-hybridized carbons (Fsp3) is 0.265. The number of ether oxygens (including phenoxy) is 2. The highest BCUT2D eigenvalue weighted by Crippen LogP contribution is 2.48. The lowest BCUT2D eigenvalue weighted by Crippen LogP contribution is -2.46. The molecule has 0 radical (unpaired) electrons. The van der Waals surface area contributed by atoms with Gasteiger partial charge in [0.25, 0.3) is 0 Å². The number of nitrogens with zero attached hydrogens (tertiary/aromatic N) is 3. The van der Waals surface area contributed by atoms with Gasteiger partial charge in [0.05, 0.1) is 24.8 Å². The molecule has 5 aromatic rings. The Morgan fingerprint density at radius 1 is 0.825 bits per heavy atom. The predicted octanol–water partition coefficient (Wildman–Crippen LogP) is 6.49. The number of fused-ring (bicyclic) bond motifs is 1. The van der Waals surface area contributed by atoms with Gasteiger partial charge in [0.15, 0.2) is 0 Å². The van der Waals surface area contributed by atoms with Crippen molar-refractivity contribution in [2.45, 2.75) is 31.9 Å². The Kier molecular flexibility index (Phi) is 7.18. The van der Waals surface area contributed by atoms with Crippen molar-refractivity contribution in [3.05, 3.63) is 131 Å². The summed E-state index contributed by atoms with van der Waals surface area (Å²) in [6.07, 6.45) is 0.836. The molecule has 6 rings (SSSR count). The minimum atomic E-state index is -0.822. The van der Waals surface area contributed by atoms with E-state index in [1.807, 2.05) is 28.9 Å². The molecule has 202 valence electrons. The minimum Gasteiger partial charge on any atom is -0.466 e. The van der Waals surface area contributed by atoms with Gasteiger partial charge in [0, 0.05) is 18.8 Å². The van der Waals surface area contributed by atoms with Crippen molar-refractivity contribution < 1.29 is 14.3 Å². The van der Waals surface area contributed by atoms with Crippen molar-refractivity contribution >= 4 is 17.0 Å². The zero-order chi connectivity index (χ0) is 27.5. The Morgan fingerprint density at radius 2 is 1.40 bits per heavy atom. The Hall–Kier alpha value is -4.29. The Labute approximate surface area is 234 Å². The largest absolute Gasteiger partial charge is 0.466 e. The van der Waals surface area contributed by atoms with Gasteiger partial charge >= 0.3 is 5.97 Å². The molecule has 1 aliphatic rings. The fourth-order valence-electron chi connectivity index (χ4n) is 6.06. The van der Waals surface area contributed by atoms with Crippen LogP contribution < -0.4 is 0 Å². The molecule has 0 unspecified atom stereocenters. The summed E-state index contributed by atoms with van der Waals surface area (Å²) in [5.74, 6) is -0.0459. The van der Waals surface area contributed by atoms with Crippen LogP contribution in [-0.4, -0.2) is 34.2 Å². The van der Waals surface area contributed by atoms with Crippen molar-refractivity contribution in [3.63, 3.8) is 0 Å². The van der Waals surface area contributed by atoms with Crippen LogP contribution in [0.3, 0.4) is 0 Å². The topological polar surface area (TPSA) is 66.2 Å². The van der Waals surface area contributed by atoms with E-state index in [1.54, 1.807) is 0 Å². The van der Waals surface area contributed by atoms with Crippen LogP contribution in [0.2, 0.25) is 0 Å². The lowest BCUT2D eigenvalue weighted by molar-refractivity contribution is -0.147. The van der Waals surface area contributed by atoms with Gasteiger partial charge in [-0.15, -0.1) is 5.10 Å². The zero-order valence-electron chi connectivity index (χ0n) is 22.8. The quantitative estimate of drug-likeness (QED) is 0.161. The Morgan fingerprint density at radius 3 is 1.95 bits per heavy atom. The molecule has 6 nitrogen and oxygen atoms in total. The predicted molar refractivity (Wildman–Crippen MR) is 155 cm³/mol. The van der Waals surface area contributed by atoms with Gasteiger partial charge in [-0.1, -0.05) is 108 Å². The third kappa shape index (κ3) is 4.69. The lowest BCUT2D eigenvalue weighted by atomic mass is 9.69. The van der Waals surface area contributed by atoms with E-state index in [-0.39, 0.29) is 23.8 Å². The molecule has 0 amide bonds. The molecule has 0 saturated heterocycles. The normalized spacial score (nSPS) is 18.8. The van der Waals surface area contributed by atoms with Crippen molar-refractivity contribution in [1.82, 2.24) is 15.0 Å². The summed E-state index contributed by atoms with van der Waals surface area (Å²) < 4.78 is 14.7. The molecule has 1 aliphatic carbocycles. The number of carbonyl (C=O) groups is 1. The average molecular weight is 532 g/mol. The second-order valence-electron chi connectivity index (χ2n) is 10.6. The van der Waals surface area contributed by atoms with E-state index >= 15 is 0 Å². The van der Waals surface area contributed by atoms with Crippen LogP contribution in [0.25, 0.3) is 11.0 Å². The third-order valence-corrected chi connectivity index (χ3v) is 8.20. The van der Waals surface area contributed by atoms with Gasteiger partial charge in [0.2, 0.25) is 0 Å². The Bertz CT molecular complexity index is 1490. The number of hydrogen-bond donors (Lipinski definition) is 0. The molecule has 1 aromatic heterocycles. The summed E-state index contributed by atoms with van der Waals surface area (Å²) in [4.78, 5) is 11.7. The van der Waals surface area contributed by atoms with Crippen LogP contribution in [0.5, 0.6) is 0 Å².